The Bertz CT molecular complexity index is 337. The quantitative estimate of drug-likeness (QED) is 0.567. The molecule has 1 rings (SSSR count). The highest BCUT2D eigenvalue weighted by atomic mass is 35.5. The highest BCUT2D eigenvalue weighted by molar-refractivity contribution is 7.99. The summed E-state index contributed by atoms with van der Waals surface area (Å²) in [4.78, 5) is 12.8. The van der Waals surface area contributed by atoms with E-state index in [0.717, 1.165) is 0 Å². The molecule has 92 valence electrons. The summed E-state index contributed by atoms with van der Waals surface area (Å²) in [5.41, 5.74) is 5.34. The molecule has 0 aromatic carbocycles. The van der Waals surface area contributed by atoms with Crippen molar-refractivity contribution in [1.82, 2.24) is 15.1 Å². The summed E-state index contributed by atoms with van der Waals surface area (Å²) in [7, 11) is 3.41. The van der Waals surface area contributed by atoms with Crippen LogP contribution in [0.4, 0.5) is 0 Å². The summed E-state index contributed by atoms with van der Waals surface area (Å²) >= 11 is 1.23. The molecule has 0 fully saturated rings. The predicted molar refractivity (Wildman–Crippen MR) is 57.6 cm³/mol. The van der Waals surface area contributed by atoms with E-state index in [2.05, 4.69) is 10.2 Å². The minimum atomic E-state index is 0. The van der Waals surface area contributed by atoms with Gasteiger partial charge in [0.25, 0.3) is 5.22 Å². The van der Waals surface area contributed by atoms with Crippen molar-refractivity contribution >= 4 is 17.7 Å². The second kappa shape index (κ2) is 7.48. The zero-order chi connectivity index (χ0) is 11.3. The first-order valence-electron chi connectivity index (χ1n) is 4.49. The summed E-state index contributed by atoms with van der Waals surface area (Å²) in [5, 5.41) is 7.98. The first-order valence-corrected chi connectivity index (χ1v) is 5.47. The third-order valence-electron chi connectivity index (χ3n) is 1.62. The van der Waals surface area contributed by atoms with Crippen LogP contribution in [-0.4, -0.2) is 47.4 Å². The van der Waals surface area contributed by atoms with E-state index in [0.29, 0.717) is 29.8 Å². The molecule has 0 unspecified atom stereocenters. The minimum absolute atomic E-state index is 0. The van der Waals surface area contributed by atoms with E-state index in [1.54, 1.807) is 14.1 Å². The van der Waals surface area contributed by atoms with Crippen molar-refractivity contribution in [2.24, 2.45) is 5.73 Å². The third-order valence-corrected chi connectivity index (χ3v) is 2.43. The molecule has 0 radical (unpaired) electrons. The van der Waals surface area contributed by atoms with Gasteiger partial charge in [-0.1, -0.05) is 11.8 Å². The average Bonchev–Trinajstić information content (AvgIpc) is 2.62. The Balaban J connectivity index is 0. The Morgan fingerprint density at radius 3 is 2.81 bits per heavy atom. The van der Waals surface area contributed by atoms with Gasteiger partial charge in [0.1, 0.15) is 0 Å². The molecule has 0 saturated heterocycles. The lowest BCUT2D eigenvalue weighted by molar-refractivity contribution is -0.125. The zero-order valence-corrected chi connectivity index (χ0v) is 10.7. The van der Waals surface area contributed by atoms with Crippen molar-refractivity contribution in [3.8, 4) is 0 Å². The molecule has 0 spiro atoms. The summed E-state index contributed by atoms with van der Waals surface area (Å²) in [5.74, 6) is 0.827. The van der Waals surface area contributed by atoms with Gasteiger partial charge in [-0.2, -0.15) is 0 Å². The van der Waals surface area contributed by atoms with E-state index in [1.807, 2.05) is 0 Å². The van der Waals surface area contributed by atoms with Crippen LogP contribution in [0.2, 0.25) is 0 Å². The van der Waals surface area contributed by atoms with Crippen molar-refractivity contribution in [2.75, 3.05) is 26.4 Å². The highest BCUT2D eigenvalue weighted by Crippen LogP contribution is 2.16. The normalized spacial score (nSPS) is 9.69. The molecular formula is C8H15ClN4O2S. The van der Waals surface area contributed by atoms with Gasteiger partial charge in [-0.05, 0) is 0 Å². The number of rotatable bonds is 5. The van der Waals surface area contributed by atoms with E-state index in [9.17, 15) is 4.79 Å². The van der Waals surface area contributed by atoms with Crippen LogP contribution in [0.25, 0.3) is 0 Å². The van der Waals surface area contributed by atoms with Gasteiger partial charge in [0, 0.05) is 27.1 Å². The SMILES string of the molecule is CN(C)C(=O)CSc1nnc(CCN)o1.[Cl-].[H+]. The fourth-order valence-corrected chi connectivity index (χ4v) is 1.53. The monoisotopic (exact) mass is 266 g/mol. The number of thioether (sulfide) groups is 1. The standard InChI is InChI=1S/C8H14N4O2S.ClH/c1-12(2)7(13)5-15-8-11-10-6(14-8)3-4-9;/h3-5,9H2,1-2H3;1H. The van der Waals surface area contributed by atoms with Crippen LogP contribution in [-0.2, 0) is 11.2 Å². The Morgan fingerprint density at radius 2 is 2.25 bits per heavy atom. The summed E-state index contributed by atoms with van der Waals surface area (Å²) < 4.78 is 5.24. The lowest BCUT2D eigenvalue weighted by Crippen LogP contribution is -3.00. The van der Waals surface area contributed by atoms with E-state index < -0.39 is 0 Å². The smallest absolute Gasteiger partial charge is 1.00 e. The van der Waals surface area contributed by atoms with Gasteiger partial charge in [0.15, 0.2) is 0 Å². The number of nitrogens with two attached hydrogens (primary N) is 1. The molecule has 1 aromatic heterocycles. The number of aromatic nitrogens is 2. The second-order valence-electron chi connectivity index (χ2n) is 3.08. The molecule has 8 heteroatoms. The largest absolute Gasteiger partial charge is 1.00 e. The molecule has 1 heterocycles. The third kappa shape index (κ3) is 4.82. The number of carbonyl (C=O) groups is 1. The number of carbonyl (C=O) groups excluding carboxylic acids is 1. The number of nitrogens with zero attached hydrogens (tertiary/aromatic N) is 3. The Hall–Kier alpha value is -0.790. The molecule has 0 bridgehead atoms. The molecule has 6 nitrogen and oxygen atoms in total. The van der Waals surface area contributed by atoms with Crippen molar-refractivity contribution in [3.63, 3.8) is 0 Å². The average molecular weight is 267 g/mol. The van der Waals surface area contributed by atoms with Crippen LogP contribution in [0.1, 0.15) is 7.32 Å². The van der Waals surface area contributed by atoms with Gasteiger partial charge in [-0.3, -0.25) is 4.79 Å². The predicted octanol–water partition coefficient (Wildman–Crippen LogP) is -3.13. The van der Waals surface area contributed by atoms with E-state index >= 15 is 0 Å². The number of halogens is 1. The Labute approximate surface area is 106 Å². The molecule has 0 aliphatic carbocycles. The van der Waals surface area contributed by atoms with Gasteiger partial charge in [0.05, 0.1) is 5.75 Å². The maximum Gasteiger partial charge on any atom is 1.00 e. The molecule has 1 amide bonds. The molecule has 0 aliphatic rings. The molecule has 1 aromatic rings. The number of amides is 1. The van der Waals surface area contributed by atoms with Crippen molar-refractivity contribution in [3.05, 3.63) is 5.89 Å². The maximum atomic E-state index is 11.2. The van der Waals surface area contributed by atoms with E-state index in [1.165, 1.54) is 16.7 Å². The Morgan fingerprint density at radius 1 is 1.56 bits per heavy atom. The number of hydrogen-bond donors (Lipinski definition) is 1. The van der Waals surface area contributed by atoms with Gasteiger partial charge in [-0.15, -0.1) is 10.2 Å². The molecule has 0 aliphatic heterocycles. The first kappa shape index (κ1) is 15.2. The minimum Gasteiger partial charge on any atom is -1.00 e. The van der Waals surface area contributed by atoms with Gasteiger partial charge in [-0.25, -0.2) is 0 Å². The maximum absolute atomic E-state index is 11.2. The van der Waals surface area contributed by atoms with Crippen molar-refractivity contribution in [1.29, 1.82) is 0 Å². The molecule has 2 N–H and O–H groups in total. The number of hydrogen-bond acceptors (Lipinski definition) is 6. The van der Waals surface area contributed by atoms with Crippen LogP contribution >= 0.6 is 11.8 Å². The van der Waals surface area contributed by atoms with E-state index in [-0.39, 0.29) is 19.7 Å². The fraction of sp³-hybridized carbons (Fsp3) is 0.625. The highest BCUT2D eigenvalue weighted by Gasteiger charge is 2.09. The van der Waals surface area contributed by atoms with Gasteiger partial charge >= 0.3 is 1.43 Å². The fourth-order valence-electron chi connectivity index (χ4n) is 0.774. The van der Waals surface area contributed by atoms with Crippen LogP contribution < -0.4 is 18.1 Å². The van der Waals surface area contributed by atoms with E-state index in [4.69, 9.17) is 10.2 Å². The topological polar surface area (TPSA) is 85.2 Å². The summed E-state index contributed by atoms with van der Waals surface area (Å²) in [6.07, 6.45) is 0.565. The second-order valence-corrected chi connectivity index (χ2v) is 4.00. The van der Waals surface area contributed by atoms with Crippen molar-refractivity contribution < 1.29 is 23.0 Å². The summed E-state index contributed by atoms with van der Waals surface area (Å²) in [6.45, 7) is 0.475. The first-order chi connectivity index (χ1) is 7.13. The summed E-state index contributed by atoms with van der Waals surface area (Å²) in [6, 6.07) is 0. The van der Waals surface area contributed by atoms with Crippen LogP contribution in [0.5, 0.6) is 0 Å². The van der Waals surface area contributed by atoms with Crippen LogP contribution in [0.3, 0.4) is 0 Å². The molecule has 0 atom stereocenters. The van der Waals surface area contributed by atoms with Crippen LogP contribution in [0, 0.1) is 0 Å². The Kier molecular flexibility index (Phi) is 7.11. The molecule has 16 heavy (non-hydrogen) atoms. The lowest BCUT2D eigenvalue weighted by atomic mass is 10.4. The van der Waals surface area contributed by atoms with Gasteiger partial charge in [0.2, 0.25) is 11.8 Å². The molecular weight excluding hydrogens is 252 g/mol. The van der Waals surface area contributed by atoms with Crippen LogP contribution in [0.15, 0.2) is 9.64 Å². The van der Waals surface area contributed by atoms with Crippen molar-refractivity contribution in [2.45, 2.75) is 11.6 Å². The zero-order valence-electron chi connectivity index (χ0n) is 10.1. The lowest BCUT2D eigenvalue weighted by Gasteiger charge is -2.07. The molecule has 0 saturated carbocycles. The van der Waals surface area contributed by atoms with Gasteiger partial charge < -0.3 is 27.5 Å².